The molecule has 3 heterocycles. The first-order valence-electron chi connectivity index (χ1n) is 13.2. The van der Waals surface area contributed by atoms with Crippen LogP contribution in [0.2, 0.25) is 0 Å². The number of nitrogens with one attached hydrogen (secondary N) is 2. The third-order valence-corrected chi connectivity index (χ3v) is 7.14. The molecule has 1 unspecified atom stereocenters. The topological polar surface area (TPSA) is 83.0 Å². The highest BCUT2D eigenvalue weighted by Gasteiger charge is 2.21. The van der Waals surface area contributed by atoms with Gasteiger partial charge in [0.25, 0.3) is 5.91 Å². The van der Waals surface area contributed by atoms with Crippen LogP contribution in [0.5, 0.6) is 0 Å². The predicted molar refractivity (Wildman–Crippen MR) is 153 cm³/mol. The molecular weight excluding hydrogens is 472 g/mol. The Hall–Kier alpha value is -4.10. The number of anilines is 3. The second kappa shape index (κ2) is 11.5. The van der Waals surface area contributed by atoms with Crippen molar-refractivity contribution in [3.63, 3.8) is 0 Å². The number of hydrogen-bond donors (Lipinski definition) is 2. The monoisotopic (exact) mass is 506 g/mol. The Morgan fingerprint density at radius 2 is 1.97 bits per heavy atom. The summed E-state index contributed by atoms with van der Waals surface area (Å²) in [4.78, 5) is 29.0. The van der Waals surface area contributed by atoms with Gasteiger partial charge in [0.2, 0.25) is 5.95 Å². The molecule has 1 atom stereocenters. The van der Waals surface area contributed by atoms with Crippen molar-refractivity contribution in [3.8, 4) is 11.3 Å². The molecule has 0 radical (unpaired) electrons. The van der Waals surface area contributed by atoms with Crippen molar-refractivity contribution in [1.29, 1.82) is 0 Å². The molecule has 2 N–H and O–H groups in total. The van der Waals surface area contributed by atoms with Crippen molar-refractivity contribution in [2.24, 2.45) is 0 Å². The molecule has 0 aliphatic carbocycles. The van der Waals surface area contributed by atoms with Gasteiger partial charge in [-0.1, -0.05) is 19.1 Å². The molecule has 1 fully saturated rings. The average molecular weight is 507 g/mol. The number of rotatable bonds is 7. The van der Waals surface area contributed by atoms with E-state index in [-0.39, 0.29) is 5.91 Å². The first-order chi connectivity index (χ1) is 18.5. The second-order valence-electron chi connectivity index (χ2n) is 9.98. The zero-order chi connectivity index (χ0) is 26.5. The third-order valence-electron chi connectivity index (χ3n) is 7.14. The van der Waals surface area contributed by atoms with Crippen LogP contribution < -0.4 is 10.6 Å². The summed E-state index contributed by atoms with van der Waals surface area (Å²) in [5, 5.41) is 6.41. The Balaban J connectivity index is 1.33. The van der Waals surface area contributed by atoms with E-state index < -0.39 is 0 Å². The highest BCUT2D eigenvalue weighted by Crippen LogP contribution is 2.30. The fraction of sp³-hybridized carbons (Fsp3) is 0.290. The molecule has 7 heteroatoms. The highest BCUT2D eigenvalue weighted by atomic mass is 16.1. The first-order valence-corrected chi connectivity index (χ1v) is 13.2. The minimum absolute atomic E-state index is 0.145. The molecule has 1 aliphatic rings. The lowest BCUT2D eigenvalue weighted by Crippen LogP contribution is -2.34. The molecule has 194 valence electrons. The summed E-state index contributed by atoms with van der Waals surface area (Å²) in [5.41, 5.74) is 7.33. The Morgan fingerprint density at radius 3 is 2.79 bits per heavy atom. The molecule has 1 amide bonds. The molecule has 0 saturated carbocycles. The van der Waals surface area contributed by atoms with E-state index in [4.69, 9.17) is 0 Å². The molecule has 0 bridgehead atoms. The van der Waals surface area contributed by atoms with E-state index in [2.05, 4.69) is 56.5 Å². The second-order valence-corrected chi connectivity index (χ2v) is 9.98. The van der Waals surface area contributed by atoms with Crippen LogP contribution in [0.3, 0.4) is 0 Å². The smallest absolute Gasteiger partial charge is 0.255 e. The number of aromatic nitrogens is 3. The van der Waals surface area contributed by atoms with Crippen molar-refractivity contribution in [2.75, 3.05) is 30.3 Å². The van der Waals surface area contributed by atoms with Crippen LogP contribution in [-0.4, -0.2) is 45.4 Å². The van der Waals surface area contributed by atoms with E-state index in [9.17, 15) is 4.79 Å². The molecule has 4 aromatic rings. The maximum Gasteiger partial charge on any atom is 0.255 e. The van der Waals surface area contributed by atoms with Crippen LogP contribution in [0.25, 0.3) is 11.3 Å². The van der Waals surface area contributed by atoms with Gasteiger partial charge in [-0.15, -0.1) is 0 Å². The number of aryl methyl sites for hydroxylation is 2. The van der Waals surface area contributed by atoms with Gasteiger partial charge in [-0.2, -0.15) is 0 Å². The van der Waals surface area contributed by atoms with Crippen molar-refractivity contribution in [1.82, 2.24) is 19.9 Å². The van der Waals surface area contributed by atoms with Crippen LogP contribution >= 0.6 is 0 Å². The zero-order valence-electron chi connectivity index (χ0n) is 22.2. The van der Waals surface area contributed by atoms with Crippen LogP contribution in [0.15, 0.2) is 73.2 Å². The number of nitrogens with zero attached hydrogens (tertiary/aromatic N) is 4. The Morgan fingerprint density at radius 1 is 1.08 bits per heavy atom. The molecule has 1 aliphatic heterocycles. The van der Waals surface area contributed by atoms with Gasteiger partial charge in [0.05, 0.1) is 5.69 Å². The van der Waals surface area contributed by atoms with Crippen molar-refractivity contribution < 1.29 is 4.79 Å². The Bertz CT molecular complexity index is 1420. The first kappa shape index (κ1) is 25.5. The standard InChI is InChI=1S/C31H34N6O/c1-4-37-14-6-8-25(20-37)26-15-21(2)16-27(17-26)34-30(38)23-10-9-22(3)29(18-23)36-31-33-13-11-28(35-31)24-7-5-12-32-19-24/h5,7,9-13,15-19,25H,4,6,8,14,20H2,1-3H3,(H,34,38)(H,33,35,36). The normalized spacial score (nSPS) is 15.7. The summed E-state index contributed by atoms with van der Waals surface area (Å²) in [6.45, 7) is 9.63. The van der Waals surface area contributed by atoms with Crippen LogP contribution in [0.4, 0.5) is 17.3 Å². The molecule has 38 heavy (non-hydrogen) atoms. The van der Waals surface area contributed by atoms with Crippen molar-refractivity contribution in [3.05, 3.63) is 95.4 Å². The maximum atomic E-state index is 13.3. The number of piperidine rings is 1. The summed E-state index contributed by atoms with van der Waals surface area (Å²) in [6.07, 6.45) is 7.61. The fourth-order valence-electron chi connectivity index (χ4n) is 5.05. The zero-order valence-corrected chi connectivity index (χ0v) is 22.2. The molecule has 2 aromatic carbocycles. The number of carbonyl (C=O) groups excluding carboxylic acids is 1. The number of carbonyl (C=O) groups is 1. The lowest BCUT2D eigenvalue weighted by Gasteiger charge is -2.32. The Labute approximate surface area is 224 Å². The number of hydrogen-bond acceptors (Lipinski definition) is 6. The summed E-state index contributed by atoms with van der Waals surface area (Å²) in [6, 6.07) is 17.7. The van der Waals surface area contributed by atoms with Crippen LogP contribution in [0.1, 0.15) is 52.7 Å². The van der Waals surface area contributed by atoms with Gasteiger partial charge < -0.3 is 15.5 Å². The average Bonchev–Trinajstić information content (AvgIpc) is 2.94. The minimum atomic E-state index is -0.145. The van der Waals surface area contributed by atoms with Crippen molar-refractivity contribution >= 4 is 23.2 Å². The Kier molecular flexibility index (Phi) is 7.75. The molecule has 5 rings (SSSR count). The van der Waals surface area contributed by atoms with E-state index in [0.717, 1.165) is 46.8 Å². The predicted octanol–water partition coefficient (Wildman–Crippen LogP) is 6.35. The number of likely N-dealkylation sites (N-methyl/N-ethyl adjacent to an activating group) is 1. The van der Waals surface area contributed by atoms with E-state index in [1.54, 1.807) is 18.6 Å². The third kappa shape index (κ3) is 6.06. The molecule has 1 saturated heterocycles. The number of likely N-dealkylation sites (tertiary alicyclic amines) is 1. The lowest BCUT2D eigenvalue weighted by atomic mass is 9.89. The van der Waals surface area contributed by atoms with Gasteiger partial charge in [0.1, 0.15) is 0 Å². The number of pyridine rings is 1. The molecule has 0 spiro atoms. The maximum absolute atomic E-state index is 13.3. The number of benzene rings is 2. The summed E-state index contributed by atoms with van der Waals surface area (Å²) in [7, 11) is 0. The van der Waals surface area contributed by atoms with E-state index in [0.29, 0.717) is 17.4 Å². The fourth-order valence-corrected chi connectivity index (χ4v) is 5.05. The lowest BCUT2D eigenvalue weighted by molar-refractivity contribution is 0.102. The summed E-state index contributed by atoms with van der Waals surface area (Å²) >= 11 is 0. The van der Waals surface area contributed by atoms with Gasteiger partial charge in [-0.3, -0.25) is 9.78 Å². The minimum Gasteiger partial charge on any atom is -0.324 e. The van der Waals surface area contributed by atoms with Gasteiger partial charge in [0.15, 0.2) is 0 Å². The van der Waals surface area contributed by atoms with Gasteiger partial charge in [0, 0.05) is 47.6 Å². The number of amides is 1. The summed E-state index contributed by atoms with van der Waals surface area (Å²) < 4.78 is 0. The van der Waals surface area contributed by atoms with E-state index in [1.807, 2.05) is 49.4 Å². The quantitative estimate of drug-likeness (QED) is 0.304. The summed E-state index contributed by atoms with van der Waals surface area (Å²) in [5.74, 6) is 0.814. The molecule has 2 aromatic heterocycles. The SMILES string of the molecule is CCN1CCCC(c2cc(C)cc(NC(=O)c3ccc(C)c(Nc4nccc(-c5cccnc5)n4)c3)c2)C1. The molecule has 7 nitrogen and oxygen atoms in total. The van der Waals surface area contributed by atoms with E-state index in [1.165, 1.54) is 24.9 Å². The van der Waals surface area contributed by atoms with E-state index >= 15 is 0 Å². The van der Waals surface area contributed by atoms with Gasteiger partial charge in [-0.25, -0.2) is 9.97 Å². The van der Waals surface area contributed by atoms with Crippen LogP contribution in [-0.2, 0) is 0 Å². The molecular formula is C31H34N6O. The van der Waals surface area contributed by atoms with Crippen LogP contribution in [0, 0.1) is 13.8 Å². The van der Waals surface area contributed by atoms with Crippen molar-refractivity contribution in [2.45, 2.75) is 39.5 Å². The van der Waals surface area contributed by atoms with Gasteiger partial charge in [-0.05, 0) is 105 Å². The largest absolute Gasteiger partial charge is 0.324 e. The van der Waals surface area contributed by atoms with Gasteiger partial charge >= 0.3 is 0 Å². The highest BCUT2D eigenvalue weighted by molar-refractivity contribution is 6.05.